The van der Waals surface area contributed by atoms with Crippen molar-refractivity contribution >= 4 is 17.8 Å². The first-order valence-corrected chi connectivity index (χ1v) is 5.56. The van der Waals surface area contributed by atoms with Crippen LogP contribution in [0.4, 0.5) is 0 Å². The molecule has 1 fully saturated rings. The van der Waals surface area contributed by atoms with Crippen LogP contribution >= 0.6 is 0 Å². The van der Waals surface area contributed by atoms with Crippen LogP contribution in [-0.4, -0.2) is 42.2 Å². The molecule has 7 heteroatoms. The molecule has 0 unspecified atom stereocenters. The number of carbonyl (C=O) groups excluding carboxylic acids is 3. The summed E-state index contributed by atoms with van der Waals surface area (Å²) in [5.41, 5.74) is -0.321. The van der Waals surface area contributed by atoms with Gasteiger partial charge < -0.3 is 19.1 Å². The highest BCUT2D eigenvalue weighted by molar-refractivity contribution is 6.15. The van der Waals surface area contributed by atoms with Crippen molar-refractivity contribution in [3.63, 3.8) is 0 Å². The molecule has 2 aliphatic heterocycles. The van der Waals surface area contributed by atoms with Crippen molar-refractivity contribution in [2.75, 3.05) is 13.7 Å². The molecule has 0 aromatic heterocycles. The van der Waals surface area contributed by atoms with Gasteiger partial charge in [-0.1, -0.05) is 0 Å². The van der Waals surface area contributed by atoms with Gasteiger partial charge >= 0.3 is 11.9 Å². The molecule has 0 aliphatic carbocycles. The predicted molar refractivity (Wildman–Crippen MR) is 61.2 cm³/mol. The first kappa shape index (κ1) is 13.1. The highest BCUT2D eigenvalue weighted by Gasteiger charge is 2.40. The second-order valence-electron chi connectivity index (χ2n) is 4.50. The van der Waals surface area contributed by atoms with E-state index in [1.807, 2.05) is 0 Å². The Balaban J connectivity index is 2.19. The number of methoxy groups -OCH3 is 1. The van der Waals surface area contributed by atoms with Crippen LogP contribution in [0, 0.1) is 0 Å². The number of rotatable bonds is 2. The van der Waals surface area contributed by atoms with Gasteiger partial charge in [0.2, 0.25) is 0 Å². The average molecular weight is 267 g/mol. The zero-order valence-corrected chi connectivity index (χ0v) is 10.8. The van der Waals surface area contributed by atoms with Crippen molar-refractivity contribution in [1.82, 2.24) is 4.90 Å². The molecule has 2 rings (SSSR count). The first-order valence-electron chi connectivity index (χ1n) is 5.56. The third-order valence-corrected chi connectivity index (χ3v) is 2.56. The number of ether oxygens (including phenoxy) is 3. The van der Waals surface area contributed by atoms with Gasteiger partial charge in [0.15, 0.2) is 5.57 Å². The van der Waals surface area contributed by atoms with Gasteiger partial charge in [0.1, 0.15) is 5.76 Å². The van der Waals surface area contributed by atoms with Crippen molar-refractivity contribution in [2.24, 2.45) is 0 Å². The summed E-state index contributed by atoms with van der Waals surface area (Å²) in [4.78, 5) is 36.1. The quantitative estimate of drug-likeness (QED) is 0.400. The number of hydrogen-bond donors (Lipinski definition) is 0. The van der Waals surface area contributed by atoms with Gasteiger partial charge in [-0.05, 0) is 0 Å². The highest BCUT2D eigenvalue weighted by atomic mass is 16.7. The van der Waals surface area contributed by atoms with Crippen molar-refractivity contribution < 1.29 is 28.6 Å². The van der Waals surface area contributed by atoms with E-state index in [-0.39, 0.29) is 18.0 Å². The van der Waals surface area contributed by atoms with Gasteiger partial charge in [0, 0.05) is 26.1 Å². The van der Waals surface area contributed by atoms with E-state index in [9.17, 15) is 14.4 Å². The number of hydrogen-bond acceptors (Lipinski definition) is 6. The molecule has 0 spiro atoms. The van der Waals surface area contributed by atoms with E-state index in [2.05, 4.69) is 0 Å². The van der Waals surface area contributed by atoms with Gasteiger partial charge in [-0.15, -0.1) is 0 Å². The first-order chi connectivity index (χ1) is 8.82. The van der Waals surface area contributed by atoms with Gasteiger partial charge in [0.05, 0.1) is 13.7 Å². The fourth-order valence-corrected chi connectivity index (χ4v) is 1.67. The standard InChI is InChI=1S/C12H13NO6/c1-12(2)18-10(15)8(11(16)19-12)6-13-5-7(17-3)4-9(13)14/h4,6H,5H2,1-3H3. The highest BCUT2D eigenvalue weighted by Crippen LogP contribution is 2.23. The SMILES string of the molecule is COC1=CC(=O)N(C=C2C(=O)OC(C)(C)OC2=O)C1. The summed E-state index contributed by atoms with van der Waals surface area (Å²) in [5.74, 6) is -2.87. The average Bonchev–Trinajstić information content (AvgIpc) is 2.63. The molecule has 1 amide bonds. The molecule has 0 bridgehead atoms. The van der Waals surface area contributed by atoms with Crippen molar-refractivity contribution in [3.05, 3.63) is 23.6 Å². The summed E-state index contributed by atoms with van der Waals surface area (Å²) >= 11 is 0. The monoisotopic (exact) mass is 267 g/mol. The summed E-state index contributed by atoms with van der Waals surface area (Å²) < 4.78 is 14.8. The van der Waals surface area contributed by atoms with E-state index < -0.39 is 17.7 Å². The normalized spacial score (nSPS) is 21.8. The van der Waals surface area contributed by atoms with Gasteiger partial charge in [-0.3, -0.25) is 4.79 Å². The van der Waals surface area contributed by atoms with Crippen LogP contribution in [0.2, 0.25) is 0 Å². The maximum atomic E-state index is 11.7. The molecule has 0 radical (unpaired) electrons. The minimum absolute atomic E-state index is 0.156. The zero-order valence-electron chi connectivity index (χ0n) is 10.8. The smallest absolute Gasteiger partial charge is 0.350 e. The second kappa shape index (κ2) is 4.42. The lowest BCUT2D eigenvalue weighted by atomic mass is 10.2. The Kier molecular flexibility index (Phi) is 3.05. The van der Waals surface area contributed by atoms with Crippen LogP contribution in [0.25, 0.3) is 0 Å². The van der Waals surface area contributed by atoms with Crippen LogP contribution in [0.5, 0.6) is 0 Å². The van der Waals surface area contributed by atoms with E-state index in [0.717, 1.165) is 6.20 Å². The fourth-order valence-electron chi connectivity index (χ4n) is 1.67. The van der Waals surface area contributed by atoms with E-state index in [1.54, 1.807) is 0 Å². The Morgan fingerprint density at radius 3 is 2.32 bits per heavy atom. The Bertz CT molecular complexity index is 494. The Hall–Kier alpha value is -2.31. The molecule has 2 heterocycles. The molecule has 0 aromatic carbocycles. The molecule has 0 aromatic rings. The lowest BCUT2D eigenvalue weighted by molar-refractivity contribution is -0.222. The maximum absolute atomic E-state index is 11.7. The van der Waals surface area contributed by atoms with Crippen LogP contribution in [-0.2, 0) is 28.6 Å². The van der Waals surface area contributed by atoms with Crippen LogP contribution in [0.15, 0.2) is 23.6 Å². The van der Waals surface area contributed by atoms with Gasteiger partial charge in [0.25, 0.3) is 11.7 Å². The number of carbonyl (C=O) groups is 3. The summed E-state index contributed by atoms with van der Waals surface area (Å²) in [5, 5.41) is 0. The molecule has 2 aliphatic rings. The van der Waals surface area contributed by atoms with Crippen LogP contribution < -0.4 is 0 Å². The number of esters is 2. The summed E-state index contributed by atoms with van der Waals surface area (Å²) in [6.45, 7) is 3.05. The molecule has 0 N–H and O–H groups in total. The Labute approximate surface area is 109 Å². The summed E-state index contributed by atoms with van der Waals surface area (Å²) in [6.07, 6.45) is 2.39. The third kappa shape index (κ3) is 2.59. The van der Waals surface area contributed by atoms with Crippen LogP contribution in [0.3, 0.4) is 0 Å². The van der Waals surface area contributed by atoms with Gasteiger partial charge in [-0.2, -0.15) is 0 Å². The van der Waals surface area contributed by atoms with Crippen molar-refractivity contribution in [1.29, 1.82) is 0 Å². The number of cyclic esters (lactones) is 2. The molecule has 19 heavy (non-hydrogen) atoms. The summed E-state index contributed by atoms with van der Waals surface area (Å²) in [6, 6.07) is 0. The van der Waals surface area contributed by atoms with E-state index in [0.29, 0.717) is 5.76 Å². The second-order valence-corrected chi connectivity index (χ2v) is 4.50. The molecule has 0 atom stereocenters. The molecular formula is C12H13NO6. The summed E-state index contributed by atoms with van der Waals surface area (Å²) in [7, 11) is 1.43. The largest absolute Gasteiger partial charge is 0.499 e. The lowest BCUT2D eigenvalue weighted by Crippen LogP contribution is -2.42. The molecule has 7 nitrogen and oxygen atoms in total. The topological polar surface area (TPSA) is 82.1 Å². The fraction of sp³-hybridized carbons (Fsp3) is 0.417. The molecule has 0 saturated carbocycles. The lowest BCUT2D eigenvalue weighted by Gasteiger charge is -2.30. The van der Waals surface area contributed by atoms with Crippen molar-refractivity contribution in [2.45, 2.75) is 19.6 Å². The third-order valence-electron chi connectivity index (χ3n) is 2.56. The Morgan fingerprint density at radius 1 is 1.26 bits per heavy atom. The molecule has 102 valence electrons. The van der Waals surface area contributed by atoms with E-state index in [1.165, 1.54) is 31.9 Å². The molecular weight excluding hydrogens is 254 g/mol. The van der Waals surface area contributed by atoms with E-state index in [4.69, 9.17) is 14.2 Å². The molecule has 1 saturated heterocycles. The number of nitrogens with zero attached hydrogens (tertiary/aromatic N) is 1. The Morgan fingerprint density at radius 2 is 1.84 bits per heavy atom. The van der Waals surface area contributed by atoms with E-state index >= 15 is 0 Å². The maximum Gasteiger partial charge on any atom is 0.350 e. The predicted octanol–water partition coefficient (Wildman–Crippen LogP) is 0.0789. The number of amides is 1. The minimum atomic E-state index is -1.30. The van der Waals surface area contributed by atoms with Crippen LogP contribution in [0.1, 0.15) is 13.8 Å². The van der Waals surface area contributed by atoms with Gasteiger partial charge in [-0.25, -0.2) is 9.59 Å². The minimum Gasteiger partial charge on any atom is -0.499 e. The zero-order chi connectivity index (χ0) is 14.2. The van der Waals surface area contributed by atoms with Crippen molar-refractivity contribution in [3.8, 4) is 0 Å².